The van der Waals surface area contributed by atoms with Gasteiger partial charge < -0.3 is 14.1 Å². The Hall–Kier alpha value is -2.52. The van der Waals surface area contributed by atoms with Gasteiger partial charge >= 0.3 is 0 Å². The molecule has 0 unspecified atom stereocenters. The van der Waals surface area contributed by atoms with Crippen molar-refractivity contribution >= 4 is 35.1 Å². The number of hydrogen-bond acceptors (Lipinski definition) is 7. The van der Waals surface area contributed by atoms with Crippen LogP contribution in [0.5, 0.6) is 5.75 Å². The molecule has 30 heavy (non-hydrogen) atoms. The van der Waals surface area contributed by atoms with Crippen LogP contribution in [0.2, 0.25) is 0 Å². The molecule has 0 N–H and O–H groups in total. The average molecular weight is 446 g/mol. The quantitative estimate of drug-likeness (QED) is 0.505. The predicted octanol–water partition coefficient (Wildman–Crippen LogP) is 4.80. The number of anilines is 1. The zero-order valence-corrected chi connectivity index (χ0v) is 17.9. The first-order valence-corrected chi connectivity index (χ1v) is 11.3. The monoisotopic (exact) mass is 445 g/mol. The van der Waals surface area contributed by atoms with Gasteiger partial charge in [-0.3, -0.25) is 4.79 Å². The van der Waals surface area contributed by atoms with Crippen LogP contribution in [0, 0.1) is 5.82 Å². The normalized spacial score (nSPS) is 16.1. The Morgan fingerprint density at radius 3 is 2.90 bits per heavy atom. The lowest BCUT2D eigenvalue weighted by Gasteiger charge is -2.22. The van der Waals surface area contributed by atoms with Crippen LogP contribution in [0.15, 0.2) is 63.1 Å². The molecule has 1 aliphatic heterocycles. The van der Waals surface area contributed by atoms with Gasteiger partial charge in [0.15, 0.2) is 6.61 Å². The van der Waals surface area contributed by atoms with Crippen molar-refractivity contribution < 1.29 is 18.3 Å². The molecule has 6 nitrogen and oxygen atoms in total. The van der Waals surface area contributed by atoms with Gasteiger partial charge in [-0.15, -0.1) is 22.0 Å². The highest BCUT2D eigenvalue weighted by Crippen LogP contribution is 2.37. The van der Waals surface area contributed by atoms with Gasteiger partial charge in [-0.1, -0.05) is 30.8 Å². The molecule has 1 aliphatic rings. The summed E-state index contributed by atoms with van der Waals surface area (Å²) in [5, 5.41) is 8.67. The predicted molar refractivity (Wildman–Crippen MR) is 114 cm³/mol. The van der Waals surface area contributed by atoms with Crippen molar-refractivity contribution in [3.05, 3.63) is 60.2 Å². The molecule has 0 bridgehead atoms. The zero-order chi connectivity index (χ0) is 20.9. The van der Waals surface area contributed by atoms with Gasteiger partial charge in [0.05, 0.1) is 11.4 Å². The van der Waals surface area contributed by atoms with E-state index in [9.17, 15) is 9.18 Å². The number of nitrogens with zero attached hydrogens (tertiary/aromatic N) is 3. The van der Waals surface area contributed by atoms with Crippen LogP contribution in [0.3, 0.4) is 0 Å². The third-order valence-corrected chi connectivity index (χ3v) is 6.53. The summed E-state index contributed by atoms with van der Waals surface area (Å²) >= 11 is 3.01. The third kappa shape index (κ3) is 5.14. The fourth-order valence-corrected chi connectivity index (χ4v) is 4.75. The van der Waals surface area contributed by atoms with E-state index in [0.29, 0.717) is 28.7 Å². The number of thioether (sulfide) groups is 2. The van der Waals surface area contributed by atoms with Crippen LogP contribution >= 0.6 is 23.5 Å². The molecule has 4 rings (SSSR count). The molecule has 0 radical (unpaired) electrons. The molecule has 0 saturated carbocycles. The smallest absolute Gasteiger partial charge is 0.277 e. The minimum absolute atomic E-state index is 0.00413. The maximum Gasteiger partial charge on any atom is 0.277 e. The Morgan fingerprint density at radius 2 is 2.07 bits per heavy atom. The van der Waals surface area contributed by atoms with E-state index in [4.69, 9.17) is 9.15 Å². The number of aromatic nitrogens is 2. The van der Waals surface area contributed by atoms with E-state index in [1.807, 2.05) is 23.1 Å². The second-order valence-electron chi connectivity index (χ2n) is 6.72. The Morgan fingerprint density at radius 1 is 1.27 bits per heavy atom. The highest BCUT2D eigenvalue weighted by atomic mass is 32.2. The summed E-state index contributed by atoms with van der Waals surface area (Å²) < 4.78 is 24.0. The largest absolute Gasteiger partial charge is 0.484 e. The van der Waals surface area contributed by atoms with Crippen molar-refractivity contribution in [3.63, 3.8) is 0 Å². The van der Waals surface area contributed by atoms with Crippen LogP contribution in [0.25, 0.3) is 0 Å². The van der Waals surface area contributed by atoms with Crippen LogP contribution in [-0.2, 0) is 11.4 Å². The Bertz CT molecular complexity index is 1010. The molecule has 1 amide bonds. The fourth-order valence-electron chi connectivity index (χ4n) is 2.98. The van der Waals surface area contributed by atoms with Gasteiger partial charge in [0.2, 0.25) is 5.91 Å². The Labute approximate surface area is 182 Å². The van der Waals surface area contributed by atoms with Crippen molar-refractivity contribution in [1.29, 1.82) is 0 Å². The summed E-state index contributed by atoms with van der Waals surface area (Å²) in [6, 6.07) is 13.7. The number of rotatable bonds is 6. The lowest BCUT2D eigenvalue weighted by Crippen LogP contribution is -2.33. The van der Waals surface area contributed by atoms with Crippen molar-refractivity contribution in [2.75, 3.05) is 17.2 Å². The number of carbonyl (C=O) groups is 1. The number of ether oxygens (including phenoxy) is 1. The topological polar surface area (TPSA) is 68.5 Å². The number of hydrogen-bond donors (Lipinski definition) is 0. The molecule has 2 aromatic carbocycles. The Kier molecular flexibility index (Phi) is 6.59. The molecular formula is C21H20FN3O3S2. The molecule has 0 fully saturated rings. The number of benzene rings is 2. The summed E-state index contributed by atoms with van der Waals surface area (Å²) in [6.07, 6.45) is 0.932. The van der Waals surface area contributed by atoms with Crippen LogP contribution < -0.4 is 9.64 Å². The number of carbonyl (C=O) groups excluding carboxylic acids is 1. The van der Waals surface area contributed by atoms with E-state index < -0.39 is 0 Å². The molecule has 0 saturated heterocycles. The second kappa shape index (κ2) is 9.53. The van der Waals surface area contributed by atoms with Gasteiger partial charge in [0.25, 0.3) is 11.1 Å². The van der Waals surface area contributed by atoms with Gasteiger partial charge in [0, 0.05) is 16.7 Å². The summed E-state index contributed by atoms with van der Waals surface area (Å²) in [4.78, 5) is 15.9. The average Bonchev–Trinajstić information content (AvgIpc) is 3.13. The first kappa shape index (κ1) is 20.7. The lowest BCUT2D eigenvalue weighted by atomic mass is 10.2. The molecule has 0 spiro atoms. The molecule has 2 heterocycles. The van der Waals surface area contributed by atoms with Crippen LogP contribution in [0.1, 0.15) is 19.2 Å². The first-order valence-electron chi connectivity index (χ1n) is 9.48. The zero-order valence-electron chi connectivity index (χ0n) is 16.3. The van der Waals surface area contributed by atoms with E-state index in [1.54, 1.807) is 11.8 Å². The van der Waals surface area contributed by atoms with Gasteiger partial charge in [-0.2, -0.15) is 0 Å². The molecule has 0 aliphatic carbocycles. The fraction of sp³-hybridized carbons (Fsp3) is 0.286. The summed E-state index contributed by atoms with van der Waals surface area (Å²) in [5.74, 6) is 0.673. The number of halogens is 1. The molecule has 156 valence electrons. The third-order valence-electron chi connectivity index (χ3n) is 4.49. The van der Waals surface area contributed by atoms with E-state index >= 15 is 0 Å². The summed E-state index contributed by atoms with van der Waals surface area (Å²) in [5.41, 5.74) is 0.955. The van der Waals surface area contributed by atoms with Crippen LogP contribution in [0.4, 0.5) is 10.1 Å². The van der Waals surface area contributed by atoms with E-state index in [2.05, 4.69) is 23.2 Å². The van der Waals surface area contributed by atoms with Gasteiger partial charge in [-0.05, 0) is 42.8 Å². The standard InChI is InChI=1S/C21H20FN3O3S2/c1-14-10-11-25(17-4-2-3-5-18(17)30-14)20(26)13-29-21-24-23-19(28-21)12-27-16-8-6-15(22)7-9-16/h2-9,14H,10-13H2,1H3/t14-/m1/s1. The maximum absolute atomic E-state index is 12.9. The van der Waals surface area contributed by atoms with E-state index in [1.165, 1.54) is 36.0 Å². The minimum Gasteiger partial charge on any atom is -0.484 e. The Balaban J connectivity index is 1.34. The highest BCUT2D eigenvalue weighted by molar-refractivity contribution is 8.00. The molecule has 3 aromatic rings. The van der Waals surface area contributed by atoms with Crippen molar-refractivity contribution in [1.82, 2.24) is 10.2 Å². The van der Waals surface area contributed by atoms with Crippen molar-refractivity contribution in [3.8, 4) is 5.75 Å². The lowest BCUT2D eigenvalue weighted by molar-refractivity contribution is -0.116. The molecule has 1 aromatic heterocycles. The number of amides is 1. The van der Waals surface area contributed by atoms with Gasteiger partial charge in [0.1, 0.15) is 11.6 Å². The minimum atomic E-state index is -0.330. The maximum atomic E-state index is 12.9. The van der Waals surface area contributed by atoms with Crippen LogP contribution in [-0.4, -0.2) is 33.7 Å². The van der Waals surface area contributed by atoms with Gasteiger partial charge in [-0.25, -0.2) is 4.39 Å². The van der Waals surface area contributed by atoms with Crippen molar-refractivity contribution in [2.24, 2.45) is 0 Å². The number of para-hydroxylation sites is 1. The number of fused-ring (bicyclic) bond motifs is 1. The first-order chi connectivity index (χ1) is 14.6. The highest BCUT2D eigenvalue weighted by Gasteiger charge is 2.24. The molecule has 9 heteroatoms. The summed E-state index contributed by atoms with van der Waals surface area (Å²) in [6.45, 7) is 2.94. The second-order valence-corrected chi connectivity index (χ2v) is 9.13. The SMILES string of the molecule is C[C@@H]1CCN(C(=O)CSc2nnc(COc3ccc(F)cc3)o2)c2ccccc2S1. The van der Waals surface area contributed by atoms with E-state index in [-0.39, 0.29) is 24.1 Å². The molecule has 1 atom stereocenters. The molecular weight excluding hydrogens is 425 g/mol. The summed E-state index contributed by atoms with van der Waals surface area (Å²) in [7, 11) is 0. The van der Waals surface area contributed by atoms with Crippen molar-refractivity contribution in [2.45, 2.75) is 35.3 Å². The van der Waals surface area contributed by atoms with E-state index in [0.717, 1.165) is 17.0 Å².